The predicted molar refractivity (Wildman–Crippen MR) is 95.0 cm³/mol. The molecular formula is C20H21NO4. The first kappa shape index (κ1) is 17.0. The Kier molecular flexibility index (Phi) is 5.33. The van der Waals surface area contributed by atoms with Crippen LogP contribution in [0, 0.1) is 0 Å². The molecule has 1 amide bonds. The topological polar surface area (TPSA) is 64.6 Å². The van der Waals surface area contributed by atoms with Crippen LogP contribution in [0.3, 0.4) is 0 Å². The monoisotopic (exact) mass is 339 g/mol. The Morgan fingerprint density at radius 1 is 1.16 bits per heavy atom. The number of carbonyl (C=O) groups is 2. The van der Waals surface area contributed by atoms with Crippen molar-refractivity contribution in [3.63, 3.8) is 0 Å². The molecule has 1 aliphatic rings. The number of esters is 1. The fraction of sp³-hybridized carbons (Fsp3) is 0.300. The van der Waals surface area contributed by atoms with Crippen molar-refractivity contribution in [3.05, 3.63) is 59.2 Å². The molecule has 0 aliphatic carbocycles. The maximum Gasteiger partial charge on any atom is 0.338 e. The normalized spacial score (nSPS) is 12.2. The summed E-state index contributed by atoms with van der Waals surface area (Å²) in [4.78, 5) is 24.0. The lowest BCUT2D eigenvalue weighted by molar-refractivity contribution is -0.115. The van der Waals surface area contributed by atoms with Crippen LogP contribution in [-0.4, -0.2) is 25.1 Å². The van der Waals surface area contributed by atoms with Gasteiger partial charge >= 0.3 is 5.97 Å². The van der Waals surface area contributed by atoms with Crippen LogP contribution in [-0.2, 0) is 22.4 Å². The van der Waals surface area contributed by atoms with Gasteiger partial charge in [-0.25, -0.2) is 4.79 Å². The van der Waals surface area contributed by atoms with Gasteiger partial charge in [-0.15, -0.1) is 0 Å². The Bertz CT molecular complexity index is 768. The third-order valence-corrected chi connectivity index (χ3v) is 3.96. The average molecular weight is 339 g/mol. The van der Waals surface area contributed by atoms with Crippen molar-refractivity contribution < 1.29 is 19.1 Å². The molecule has 0 fully saturated rings. The summed E-state index contributed by atoms with van der Waals surface area (Å²) >= 11 is 0. The van der Waals surface area contributed by atoms with Gasteiger partial charge in [0.25, 0.3) is 0 Å². The Morgan fingerprint density at radius 3 is 2.72 bits per heavy atom. The molecule has 25 heavy (non-hydrogen) atoms. The Balaban J connectivity index is 1.56. The van der Waals surface area contributed by atoms with Crippen LogP contribution in [0.5, 0.6) is 5.75 Å². The molecule has 0 atom stereocenters. The SMILES string of the molecule is CCCOC(=O)c1ccc(NC(=O)Cc2ccc3c(c2)CCO3)cc1. The number of hydrogen-bond donors (Lipinski definition) is 1. The van der Waals surface area contributed by atoms with Gasteiger partial charge in [0.15, 0.2) is 0 Å². The maximum atomic E-state index is 12.2. The minimum absolute atomic E-state index is 0.0971. The predicted octanol–water partition coefficient (Wildman–Crippen LogP) is 3.37. The van der Waals surface area contributed by atoms with Gasteiger partial charge in [-0.1, -0.05) is 19.1 Å². The number of carbonyl (C=O) groups excluding carboxylic acids is 2. The molecule has 0 spiro atoms. The van der Waals surface area contributed by atoms with E-state index in [-0.39, 0.29) is 11.9 Å². The summed E-state index contributed by atoms with van der Waals surface area (Å²) in [5, 5.41) is 2.85. The smallest absolute Gasteiger partial charge is 0.338 e. The molecule has 0 saturated carbocycles. The molecule has 1 aliphatic heterocycles. The van der Waals surface area contributed by atoms with E-state index in [2.05, 4.69) is 5.32 Å². The first-order valence-corrected chi connectivity index (χ1v) is 8.47. The van der Waals surface area contributed by atoms with Gasteiger partial charge in [0.1, 0.15) is 5.75 Å². The Labute approximate surface area is 147 Å². The summed E-state index contributed by atoms with van der Waals surface area (Å²) in [7, 11) is 0. The molecule has 0 saturated heterocycles. The minimum Gasteiger partial charge on any atom is -0.493 e. The Hall–Kier alpha value is -2.82. The molecule has 2 aromatic rings. The van der Waals surface area contributed by atoms with Crippen LogP contribution in [0.15, 0.2) is 42.5 Å². The molecule has 130 valence electrons. The van der Waals surface area contributed by atoms with Crippen molar-refractivity contribution in [2.45, 2.75) is 26.2 Å². The highest BCUT2D eigenvalue weighted by molar-refractivity contribution is 5.94. The minimum atomic E-state index is -0.347. The number of nitrogens with one attached hydrogen (secondary N) is 1. The van der Waals surface area contributed by atoms with E-state index in [4.69, 9.17) is 9.47 Å². The summed E-state index contributed by atoms with van der Waals surface area (Å²) in [6.45, 7) is 3.06. The summed E-state index contributed by atoms with van der Waals surface area (Å²) in [6, 6.07) is 12.6. The maximum absolute atomic E-state index is 12.2. The van der Waals surface area contributed by atoms with Crippen LogP contribution in [0.1, 0.15) is 34.8 Å². The molecular weight excluding hydrogens is 318 g/mol. The highest BCUT2D eigenvalue weighted by Gasteiger charge is 2.13. The van der Waals surface area contributed by atoms with E-state index in [1.807, 2.05) is 25.1 Å². The number of fused-ring (bicyclic) bond motifs is 1. The summed E-state index contributed by atoms with van der Waals surface area (Å²) in [5.41, 5.74) is 3.24. The van der Waals surface area contributed by atoms with Crippen LogP contribution in [0.2, 0.25) is 0 Å². The lowest BCUT2D eigenvalue weighted by Crippen LogP contribution is -2.14. The fourth-order valence-electron chi connectivity index (χ4n) is 2.71. The van der Waals surface area contributed by atoms with E-state index in [0.717, 1.165) is 29.7 Å². The lowest BCUT2D eigenvalue weighted by Gasteiger charge is -2.08. The van der Waals surface area contributed by atoms with Gasteiger partial charge in [-0.2, -0.15) is 0 Å². The van der Waals surface area contributed by atoms with Gasteiger partial charge in [-0.05, 0) is 47.9 Å². The zero-order valence-electron chi connectivity index (χ0n) is 14.2. The largest absolute Gasteiger partial charge is 0.493 e. The summed E-state index contributed by atoms with van der Waals surface area (Å²) in [5.74, 6) is 0.468. The molecule has 1 N–H and O–H groups in total. The van der Waals surface area contributed by atoms with Gasteiger partial charge in [-0.3, -0.25) is 4.79 Å². The van der Waals surface area contributed by atoms with Gasteiger partial charge in [0, 0.05) is 12.1 Å². The molecule has 5 heteroatoms. The van der Waals surface area contributed by atoms with E-state index in [1.54, 1.807) is 24.3 Å². The third kappa shape index (κ3) is 4.38. The molecule has 2 aromatic carbocycles. The molecule has 0 bridgehead atoms. The number of amides is 1. The zero-order valence-corrected chi connectivity index (χ0v) is 14.2. The van der Waals surface area contributed by atoms with Gasteiger partial charge in [0.05, 0.1) is 25.2 Å². The second-order valence-corrected chi connectivity index (χ2v) is 5.98. The third-order valence-electron chi connectivity index (χ3n) is 3.96. The van der Waals surface area contributed by atoms with Gasteiger partial charge < -0.3 is 14.8 Å². The summed E-state index contributed by atoms with van der Waals surface area (Å²) in [6.07, 6.45) is 1.97. The van der Waals surface area contributed by atoms with E-state index >= 15 is 0 Å². The molecule has 1 heterocycles. The van der Waals surface area contributed by atoms with E-state index in [9.17, 15) is 9.59 Å². The van der Waals surface area contributed by atoms with Crippen molar-refractivity contribution in [2.75, 3.05) is 18.5 Å². The van der Waals surface area contributed by atoms with E-state index in [0.29, 0.717) is 30.9 Å². The van der Waals surface area contributed by atoms with Crippen molar-refractivity contribution in [1.82, 2.24) is 0 Å². The standard InChI is InChI=1S/C20H21NO4/c1-2-10-25-20(23)15-4-6-17(7-5-15)21-19(22)13-14-3-8-18-16(12-14)9-11-24-18/h3-8,12H,2,9-11,13H2,1H3,(H,21,22). The molecule has 5 nitrogen and oxygen atoms in total. The van der Waals surface area contributed by atoms with Crippen LogP contribution >= 0.6 is 0 Å². The second-order valence-electron chi connectivity index (χ2n) is 5.98. The van der Waals surface area contributed by atoms with Crippen molar-refractivity contribution in [3.8, 4) is 5.75 Å². The molecule has 0 radical (unpaired) electrons. The van der Waals surface area contributed by atoms with Crippen LogP contribution in [0.25, 0.3) is 0 Å². The molecule has 0 aromatic heterocycles. The van der Waals surface area contributed by atoms with Crippen molar-refractivity contribution in [2.24, 2.45) is 0 Å². The van der Waals surface area contributed by atoms with E-state index < -0.39 is 0 Å². The van der Waals surface area contributed by atoms with Crippen molar-refractivity contribution in [1.29, 1.82) is 0 Å². The highest BCUT2D eigenvalue weighted by Crippen LogP contribution is 2.26. The molecule has 0 unspecified atom stereocenters. The number of ether oxygens (including phenoxy) is 2. The number of anilines is 1. The number of benzene rings is 2. The molecule has 3 rings (SSSR count). The zero-order chi connectivity index (χ0) is 17.6. The van der Waals surface area contributed by atoms with E-state index in [1.165, 1.54) is 0 Å². The van der Waals surface area contributed by atoms with Crippen molar-refractivity contribution >= 4 is 17.6 Å². The first-order valence-electron chi connectivity index (χ1n) is 8.47. The quantitative estimate of drug-likeness (QED) is 0.820. The lowest BCUT2D eigenvalue weighted by atomic mass is 10.1. The average Bonchev–Trinajstić information content (AvgIpc) is 3.08. The summed E-state index contributed by atoms with van der Waals surface area (Å²) < 4.78 is 10.5. The fourth-order valence-corrected chi connectivity index (χ4v) is 2.71. The Morgan fingerprint density at radius 2 is 1.96 bits per heavy atom. The first-order chi connectivity index (χ1) is 12.2. The van der Waals surface area contributed by atoms with Crippen LogP contribution < -0.4 is 10.1 Å². The highest BCUT2D eigenvalue weighted by atomic mass is 16.5. The van der Waals surface area contributed by atoms with Crippen LogP contribution in [0.4, 0.5) is 5.69 Å². The second kappa shape index (κ2) is 7.83. The number of hydrogen-bond acceptors (Lipinski definition) is 4. The number of rotatable bonds is 6. The van der Waals surface area contributed by atoms with Gasteiger partial charge in [0.2, 0.25) is 5.91 Å².